The van der Waals surface area contributed by atoms with Crippen molar-refractivity contribution in [3.63, 3.8) is 0 Å². The molecule has 0 saturated heterocycles. The van der Waals surface area contributed by atoms with Gasteiger partial charge in [0.2, 0.25) is 0 Å². The van der Waals surface area contributed by atoms with Crippen LogP contribution in [-0.2, 0) is 4.79 Å². The van der Waals surface area contributed by atoms with E-state index in [1.807, 2.05) is 12.1 Å². The van der Waals surface area contributed by atoms with Gasteiger partial charge in [-0.1, -0.05) is 38.1 Å². The summed E-state index contributed by atoms with van der Waals surface area (Å²) in [5, 5.41) is 17.0. The predicted octanol–water partition coefficient (Wildman–Crippen LogP) is 4.02. The zero-order valence-electron chi connectivity index (χ0n) is 18.8. The molecule has 2 aliphatic rings. The minimum Gasteiger partial charge on any atom is -0.867 e. The minimum atomic E-state index is -0.286. The molecule has 1 aliphatic carbocycles. The average Bonchev–Trinajstić information content (AvgIpc) is 2.77. The molecule has 1 atom stereocenters. The van der Waals surface area contributed by atoms with Crippen LogP contribution >= 0.6 is 0 Å². The molecule has 3 aromatic rings. The Morgan fingerprint density at radius 3 is 2.38 bits per heavy atom. The summed E-state index contributed by atoms with van der Waals surface area (Å²) in [6.07, 6.45) is 1.33. The first kappa shape index (κ1) is 20.6. The van der Waals surface area contributed by atoms with E-state index >= 15 is 0 Å². The molecule has 5 heteroatoms. The number of Topliss-reactive ketones (excluding diaryl/α,β-unsaturated/α-hetero) is 1. The lowest BCUT2D eigenvalue weighted by molar-refractivity contribution is -0.608. The van der Waals surface area contributed by atoms with Crippen LogP contribution in [0.2, 0.25) is 0 Å². The highest BCUT2D eigenvalue weighted by Crippen LogP contribution is 2.50. The number of nitrogens with two attached hydrogens (primary N) is 1. The Labute approximate surface area is 187 Å². The lowest BCUT2D eigenvalue weighted by Crippen LogP contribution is -2.81. The van der Waals surface area contributed by atoms with Gasteiger partial charge in [0.05, 0.1) is 19.8 Å². The Hall–Kier alpha value is -3.31. The van der Waals surface area contributed by atoms with Crippen LogP contribution in [0.1, 0.15) is 43.9 Å². The van der Waals surface area contributed by atoms with Crippen molar-refractivity contribution < 1.29 is 24.7 Å². The van der Waals surface area contributed by atoms with Gasteiger partial charge >= 0.3 is 0 Å². The number of hydrogen-bond donors (Lipinski definition) is 1. The smallest absolute Gasteiger partial charge is 0.166 e. The Balaban J connectivity index is 1.79. The molecule has 0 aromatic heterocycles. The minimum absolute atomic E-state index is 0.111. The lowest BCUT2D eigenvalue weighted by atomic mass is 9.68. The van der Waals surface area contributed by atoms with Crippen LogP contribution in [0.4, 0.5) is 5.69 Å². The summed E-state index contributed by atoms with van der Waals surface area (Å²) in [5.74, 6) is 0.331. The van der Waals surface area contributed by atoms with Gasteiger partial charge in [-0.2, -0.15) is 0 Å². The standard InChI is InChI=1S/C27H27NO4/c1-27(2)13-18-23-17-8-6-5-7-15(17)9-10-19(23)28-25(24(18)20(29)14-27)16-11-21(31-3)26(30)22(12-16)32-4/h5-12,25,28,30H,13-14H2,1-4H3. The number of ether oxygens (including phenoxy) is 2. The number of fused-ring (bicyclic) bond motifs is 4. The molecule has 2 N–H and O–H groups in total. The van der Waals surface area contributed by atoms with E-state index in [0.717, 1.165) is 34.4 Å². The van der Waals surface area contributed by atoms with E-state index in [0.29, 0.717) is 6.42 Å². The third-order valence-corrected chi connectivity index (χ3v) is 6.68. The van der Waals surface area contributed by atoms with Crippen LogP contribution in [0.5, 0.6) is 17.2 Å². The molecule has 0 amide bonds. The third-order valence-electron chi connectivity index (χ3n) is 6.68. The first-order chi connectivity index (χ1) is 15.3. The van der Waals surface area contributed by atoms with Crippen molar-refractivity contribution in [1.29, 1.82) is 0 Å². The van der Waals surface area contributed by atoms with Crippen LogP contribution in [-0.4, -0.2) is 20.0 Å². The zero-order chi connectivity index (χ0) is 22.6. The summed E-state index contributed by atoms with van der Waals surface area (Å²) in [7, 11) is 2.95. The van der Waals surface area contributed by atoms with E-state index in [-0.39, 0.29) is 34.5 Å². The van der Waals surface area contributed by atoms with E-state index in [2.05, 4.69) is 43.4 Å². The highest BCUT2D eigenvalue weighted by molar-refractivity contribution is 6.10. The molecule has 1 unspecified atom stereocenters. The molecular formula is C27H27NO4. The van der Waals surface area contributed by atoms with Crippen molar-refractivity contribution in [2.75, 3.05) is 14.2 Å². The van der Waals surface area contributed by atoms with Gasteiger partial charge in [0.1, 0.15) is 23.2 Å². The molecule has 5 rings (SSSR count). The van der Waals surface area contributed by atoms with E-state index in [4.69, 9.17) is 9.47 Å². The van der Waals surface area contributed by atoms with Crippen molar-refractivity contribution in [1.82, 2.24) is 0 Å². The molecule has 164 valence electrons. The number of carbonyl (C=O) groups excluding carboxylic acids is 1. The van der Waals surface area contributed by atoms with Crippen LogP contribution in [0, 0.1) is 5.41 Å². The molecule has 3 aromatic carbocycles. The molecule has 1 aliphatic heterocycles. The average molecular weight is 430 g/mol. The second-order valence-corrected chi connectivity index (χ2v) is 9.48. The fourth-order valence-electron chi connectivity index (χ4n) is 5.29. The maximum Gasteiger partial charge on any atom is 0.166 e. The molecule has 5 nitrogen and oxygen atoms in total. The Kier molecular flexibility index (Phi) is 4.75. The summed E-state index contributed by atoms with van der Waals surface area (Å²) < 4.78 is 10.7. The summed E-state index contributed by atoms with van der Waals surface area (Å²) in [5.41, 5.74) is 4.94. The van der Waals surface area contributed by atoms with E-state index in [1.54, 1.807) is 12.1 Å². The molecule has 0 spiro atoms. The predicted molar refractivity (Wildman–Crippen MR) is 122 cm³/mol. The van der Waals surface area contributed by atoms with Gasteiger partial charge in [-0.25, -0.2) is 0 Å². The van der Waals surface area contributed by atoms with Gasteiger partial charge in [-0.15, -0.1) is 0 Å². The number of methoxy groups -OCH3 is 2. The van der Waals surface area contributed by atoms with E-state index in [1.165, 1.54) is 25.0 Å². The molecule has 1 heterocycles. The maximum absolute atomic E-state index is 13.5. The topological polar surface area (TPSA) is 75.2 Å². The largest absolute Gasteiger partial charge is 0.867 e. The van der Waals surface area contributed by atoms with Crippen molar-refractivity contribution in [2.24, 2.45) is 5.41 Å². The van der Waals surface area contributed by atoms with Crippen molar-refractivity contribution in [3.05, 3.63) is 65.2 Å². The van der Waals surface area contributed by atoms with Crippen molar-refractivity contribution in [2.45, 2.75) is 32.7 Å². The third kappa shape index (κ3) is 3.16. The van der Waals surface area contributed by atoms with Crippen LogP contribution < -0.4 is 19.9 Å². The molecular weight excluding hydrogens is 402 g/mol. The van der Waals surface area contributed by atoms with E-state index < -0.39 is 0 Å². The number of rotatable bonds is 3. The van der Waals surface area contributed by atoms with Crippen LogP contribution in [0.15, 0.2) is 54.1 Å². The number of ketones is 1. The second kappa shape index (κ2) is 7.38. The van der Waals surface area contributed by atoms with Gasteiger partial charge in [0, 0.05) is 23.6 Å². The van der Waals surface area contributed by atoms with Gasteiger partial charge in [-0.3, -0.25) is 4.79 Å². The number of carbonyl (C=O) groups is 1. The van der Waals surface area contributed by atoms with Gasteiger partial charge in [-0.05, 0) is 52.1 Å². The summed E-state index contributed by atoms with van der Waals surface area (Å²) in [6.45, 7) is 4.32. The fraction of sp³-hybridized carbons (Fsp3) is 0.296. The molecule has 0 saturated carbocycles. The lowest BCUT2D eigenvalue weighted by Gasteiger charge is -2.38. The van der Waals surface area contributed by atoms with Gasteiger partial charge in [0.25, 0.3) is 0 Å². The van der Waals surface area contributed by atoms with Gasteiger partial charge in [0.15, 0.2) is 5.78 Å². The quantitative estimate of drug-likeness (QED) is 0.638. The summed E-state index contributed by atoms with van der Waals surface area (Å²) in [4.78, 5) is 13.5. The first-order valence-electron chi connectivity index (χ1n) is 10.9. The molecule has 0 radical (unpaired) electrons. The summed E-state index contributed by atoms with van der Waals surface area (Å²) in [6, 6.07) is 15.8. The van der Waals surface area contributed by atoms with Crippen molar-refractivity contribution >= 4 is 27.8 Å². The SMILES string of the molecule is COc1cc(C2[NH2+]c3ccc4ccccc4c3C3=C2C(=O)CC(C)(C)C3)cc(OC)c1[O-]. The first-order valence-corrected chi connectivity index (χ1v) is 10.9. The van der Waals surface area contributed by atoms with E-state index in [9.17, 15) is 9.90 Å². The van der Waals surface area contributed by atoms with Crippen LogP contribution in [0.25, 0.3) is 16.3 Å². The Morgan fingerprint density at radius 2 is 1.69 bits per heavy atom. The normalized spacial score (nSPS) is 19.5. The monoisotopic (exact) mass is 429 g/mol. The highest BCUT2D eigenvalue weighted by atomic mass is 16.5. The number of allylic oxidation sites excluding steroid dienone is 1. The molecule has 0 fully saturated rings. The summed E-state index contributed by atoms with van der Waals surface area (Å²) >= 11 is 0. The number of quaternary nitrogens is 1. The number of benzene rings is 3. The van der Waals surface area contributed by atoms with Crippen LogP contribution in [0.3, 0.4) is 0 Å². The number of hydrogen-bond acceptors (Lipinski definition) is 4. The maximum atomic E-state index is 13.5. The fourth-order valence-corrected chi connectivity index (χ4v) is 5.29. The zero-order valence-corrected chi connectivity index (χ0v) is 18.8. The Bertz CT molecular complexity index is 1260. The molecule has 32 heavy (non-hydrogen) atoms. The molecule has 0 bridgehead atoms. The Morgan fingerprint density at radius 1 is 1.00 bits per heavy atom. The van der Waals surface area contributed by atoms with Crippen molar-refractivity contribution in [3.8, 4) is 17.2 Å². The second-order valence-electron chi connectivity index (χ2n) is 9.48. The highest BCUT2D eigenvalue weighted by Gasteiger charge is 2.43. The van der Waals surface area contributed by atoms with Gasteiger partial charge < -0.3 is 19.9 Å².